The van der Waals surface area contributed by atoms with Crippen LogP contribution < -0.4 is 11.1 Å². The standard InChI is InChI=1S/C12H15N3O2/c1-3-5-9(4-2)14-10-6-7-12(15(16)17)11(13)8-10/h1,6-9,14H,4-5,13H2,2H3. The highest BCUT2D eigenvalue weighted by molar-refractivity contribution is 5.66. The zero-order chi connectivity index (χ0) is 12.8. The maximum absolute atomic E-state index is 10.6. The molecule has 1 aromatic carbocycles. The van der Waals surface area contributed by atoms with Crippen LogP contribution in [-0.2, 0) is 0 Å². The second-order valence-corrected chi connectivity index (χ2v) is 3.69. The van der Waals surface area contributed by atoms with Crippen molar-refractivity contribution in [1.82, 2.24) is 0 Å². The van der Waals surface area contributed by atoms with Gasteiger partial charge in [0.25, 0.3) is 5.69 Å². The first-order chi connectivity index (χ1) is 8.08. The largest absolute Gasteiger partial charge is 0.393 e. The summed E-state index contributed by atoms with van der Waals surface area (Å²) >= 11 is 0. The summed E-state index contributed by atoms with van der Waals surface area (Å²) in [6, 6.07) is 4.73. The van der Waals surface area contributed by atoms with Crippen molar-refractivity contribution in [2.45, 2.75) is 25.8 Å². The Kier molecular flexibility index (Phi) is 4.35. The highest BCUT2D eigenvalue weighted by atomic mass is 16.6. The summed E-state index contributed by atoms with van der Waals surface area (Å²) in [5, 5.41) is 13.8. The van der Waals surface area contributed by atoms with Crippen molar-refractivity contribution >= 4 is 17.1 Å². The monoisotopic (exact) mass is 233 g/mol. The minimum atomic E-state index is -0.502. The zero-order valence-corrected chi connectivity index (χ0v) is 9.64. The van der Waals surface area contributed by atoms with Crippen LogP contribution in [-0.4, -0.2) is 11.0 Å². The van der Waals surface area contributed by atoms with E-state index in [4.69, 9.17) is 12.2 Å². The van der Waals surface area contributed by atoms with Crippen molar-refractivity contribution in [1.29, 1.82) is 0 Å². The van der Waals surface area contributed by atoms with Gasteiger partial charge in [0.1, 0.15) is 5.69 Å². The number of nitrogen functional groups attached to an aromatic ring is 1. The maximum atomic E-state index is 10.6. The van der Waals surface area contributed by atoms with E-state index in [1.807, 2.05) is 6.92 Å². The Balaban J connectivity index is 2.84. The topological polar surface area (TPSA) is 81.2 Å². The molecule has 0 aromatic heterocycles. The Hall–Kier alpha value is -2.22. The third kappa shape index (κ3) is 3.38. The number of anilines is 2. The van der Waals surface area contributed by atoms with Crippen LogP contribution in [0.1, 0.15) is 19.8 Å². The van der Waals surface area contributed by atoms with E-state index in [-0.39, 0.29) is 17.4 Å². The smallest absolute Gasteiger partial charge is 0.292 e. The van der Waals surface area contributed by atoms with Crippen LogP contribution >= 0.6 is 0 Å². The number of nitrogens with zero attached hydrogens (tertiary/aromatic N) is 1. The van der Waals surface area contributed by atoms with Crippen molar-refractivity contribution in [2.75, 3.05) is 11.1 Å². The molecule has 0 heterocycles. The quantitative estimate of drug-likeness (QED) is 0.354. The summed E-state index contributed by atoms with van der Waals surface area (Å²) in [5.74, 6) is 2.58. The highest BCUT2D eigenvalue weighted by Crippen LogP contribution is 2.25. The van der Waals surface area contributed by atoms with Gasteiger partial charge < -0.3 is 11.1 Å². The van der Waals surface area contributed by atoms with E-state index < -0.39 is 4.92 Å². The number of nitrogens with two attached hydrogens (primary N) is 1. The van der Waals surface area contributed by atoms with E-state index in [0.29, 0.717) is 6.42 Å². The average Bonchev–Trinajstić information content (AvgIpc) is 2.28. The molecule has 17 heavy (non-hydrogen) atoms. The third-order valence-corrected chi connectivity index (χ3v) is 2.45. The highest BCUT2D eigenvalue weighted by Gasteiger charge is 2.12. The van der Waals surface area contributed by atoms with Gasteiger partial charge in [-0.1, -0.05) is 6.92 Å². The first-order valence-electron chi connectivity index (χ1n) is 5.32. The van der Waals surface area contributed by atoms with Crippen molar-refractivity contribution < 1.29 is 4.92 Å². The number of nitrogens with one attached hydrogen (secondary N) is 1. The van der Waals surface area contributed by atoms with E-state index >= 15 is 0 Å². The van der Waals surface area contributed by atoms with Gasteiger partial charge in [-0.25, -0.2) is 0 Å². The van der Waals surface area contributed by atoms with Gasteiger partial charge in [0.05, 0.1) is 4.92 Å². The van der Waals surface area contributed by atoms with Gasteiger partial charge >= 0.3 is 0 Å². The summed E-state index contributed by atoms with van der Waals surface area (Å²) in [7, 11) is 0. The molecular weight excluding hydrogens is 218 g/mol. The van der Waals surface area contributed by atoms with E-state index in [9.17, 15) is 10.1 Å². The zero-order valence-electron chi connectivity index (χ0n) is 9.64. The molecule has 1 aromatic rings. The molecule has 0 saturated carbocycles. The summed E-state index contributed by atoms with van der Waals surface area (Å²) in [6.07, 6.45) is 6.73. The number of rotatable bonds is 5. The fraction of sp³-hybridized carbons (Fsp3) is 0.333. The number of nitro groups is 1. The molecular formula is C12H15N3O2. The van der Waals surface area contributed by atoms with E-state index in [1.54, 1.807) is 12.1 Å². The van der Waals surface area contributed by atoms with Crippen LogP contribution in [0.25, 0.3) is 0 Å². The van der Waals surface area contributed by atoms with E-state index in [0.717, 1.165) is 12.1 Å². The first-order valence-corrected chi connectivity index (χ1v) is 5.32. The number of benzene rings is 1. The lowest BCUT2D eigenvalue weighted by molar-refractivity contribution is -0.383. The van der Waals surface area contributed by atoms with Crippen molar-refractivity contribution in [3.8, 4) is 12.3 Å². The lowest BCUT2D eigenvalue weighted by atomic mass is 10.1. The Morgan fingerprint density at radius 3 is 2.82 bits per heavy atom. The fourth-order valence-corrected chi connectivity index (χ4v) is 1.49. The number of terminal acetylenes is 1. The van der Waals surface area contributed by atoms with Gasteiger partial charge in [-0.2, -0.15) is 0 Å². The van der Waals surface area contributed by atoms with Gasteiger partial charge in [0.2, 0.25) is 0 Å². The molecule has 5 nitrogen and oxygen atoms in total. The molecule has 90 valence electrons. The number of hydrogen-bond donors (Lipinski definition) is 2. The molecule has 0 radical (unpaired) electrons. The average molecular weight is 233 g/mol. The predicted octanol–water partition coefficient (Wildman–Crippen LogP) is 2.39. The summed E-state index contributed by atoms with van der Waals surface area (Å²) < 4.78 is 0. The lowest BCUT2D eigenvalue weighted by Gasteiger charge is -2.15. The van der Waals surface area contributed by atoms with Crippen LogP contribution in [0.3, 0.4) is 0 Å². The van der Waals surface area contributed by atoms with Gasteiger partial charge in [-0.15, -0.1) is 12.3 Å². The van der Waals surface area contributed by atoms with Crippen LogP contribution in [0.5, 0.6) is 0 Å². The van der Waals surface area contributed by atoms with Crippen LogP contribution in [0.2, 0.25) is 0 Å². The second-order valence-electron chi connectivity index (χ2n) is 3.69. The number of nitro benzene ring substituents is 1. The normalized spacial score (nSPS) is 11.5. The minimum Gasteiger partial charge on any atom is -0.393 e. The second kappa shape index (κ2) is 5.75. The SMILES string of the molecule is C#CCC(CC)Nc1ccc([N+](=O)[O-])c(N)c1. The van der Waals surface area contributed by atoms with Gasteiger partial charge in [0.15, 0.2) is 0 Å². The first kappa shape index (κ1) is 12.8. The van der Waals surface area contributed by atoms with Crippen molar-refractivity contribution in [2.24, 2.45) is 0 Å². The lowest BCUT2D eigenvalue weighted by Crippen LogP contribution is -2.17. The molecule has 0 saturated heterocycles. The predicted molar refractivity (Wildman–Crippen MR) is 68.7 cm³/mol. The van der Waals surface area contributed by atoms with Crippen molar-refractivity contribution in [3.63, 3.8) is 0 Å². The molecule has 0 fully saturated rings. The molecule has 0 aliphatic rings. The van der Waals surface area contributed by atoms with E-state index in [2.05, 4.69) is 11.2 Å². The van der Waals surface area contributed by atoms with Gasteiger partial charge in [-0.3, -0.25) is 10.1 Å². The van der Waals surface area contributed by atoms with Crippen LogP contribution in [0.4, 0.5) is 17.1 Å². The molecule has 1 atom stereocenters. The molecule has 0 amide bonds. The van der Waals surface area contributed by atoms with Crippen molar-refractivity contribution in [3.05, 3.63) is 28.3 Å². The Morgan fingerprint density at radius 2 is 2.35 bits per heavy atom. The van der Waals surface area contributed by atoms with E-state index in [1.165, 1.54) is 6.07 Å². The van der Waals surface area contributed by atoms with Gasteiger partial charge in [0, 0.05) is 24.2 Å². The number of hydrogen-bond acceptors (Lipinski definition) is 4. The summed E-state index contributed by atoms with van der Waals surface area (Å²) in [4.78, 5) is 10.1. The fourth-order valence-electron chi connectivity index (χ4n) is 1.49. The molecule has 0 aliphatic carbocycles. The molecule has 0 bridgehead atoms. The summed E-state index contributed by atoms with van der Waals surface area (Å²) in [6.45, 7) is 2.02. The molecule has 5 heteroatoms. The molecule has 1 rings (SSSR count). The van der Waals surface area contributed by atoms with Crippen LogP contribution in [0.15, 0.2) is 18.2 Å². The molecule has 1 unspecified atom stereocenters. The Labute approximate surface area is 100 Å². The molecule has 0 aliphatic heterocycles. The third-order valence-electron chi connectivity index (χ3n) is 2.45. The minimum absolute atomic E-state index is 0.0828. The van der Waals surface area contributed by atoms with Gasteiger partial charge in [-0.05, 0) is 18.6 Å². The Morgan fingerprint density at radius 1 is 1.65 bits per heavy atom. The maximum Gasteiger partial charge on any atom is 0.292 e. The van der Waals surface area contributed by atoms with Crippen LogP contribution in [0, 0.1) is 22.5 Å². The molecule has 0 spiro atoms. The summed E-state index contributed by atoms with van der Waals surface area (Å²) in [5.41, 5.74) is 6.40. The molecule has 3 N–H and O–H groups in total. The Bertz CT molecular complexity index is 452.